The molecule has 21 heavy (non-hydrogen) atoms. The van der Waals surface area contributed by atoms with Gasteiger partial charge in [0.15, 0.2) is 0 Å². The molecule has 0 aromatic carbocycles. The first-order valence-corrected chi connectivity index (χ1v) is 8.90. The number of thiazole rings is 1. The van der Waals surface area contributed by atoms with Gasteiger partial charge in [0, 0.05) is 49.7 Å². The normalized spacial score (nSPS) is 21.9. The van der Waals surface area contributed by atoms with Crippen LogP contribution in [-0.4, -0.2) is 52.5 Å². The van der Waals surface area contributed by atoms with E-state index in [1.807, 2.05) is 0 Å². The van der Waals surface area contributed by atoms with E-state index in [9.17, 15) is 0 Å². The Labute approximate surface area is 133 Å². The fraction of sp³-hybridized carbons (Fsp3) is 0.812. The summed E-state index contributed by atoms with van der Waals surface area (Å²) in [5, 5.41) is 6.92. The van der Waals surface area contributed by atoms with E-state index in [4.69, 9.17) is 4.98 Å². The third-order valence-corrected chi connectivity index (χ3v) is 4.91. The Morgan fingerprint density at radius 1 is 1.38 bits per heavy atom. The lowest BCUT2D eigenvalue weighted by Crippen LogP contribution is -2.51. The highest BCUT2D eigenvalue weighted by Crippen LogP contribution is 2.16. The van der Waals surface area contributed by atoms with Crippen molar-refractivity contribution >= 4 is 11.3 Å². The molecule has 0 bridgehead atoms. The molecule has 1 aliphatic rings. The molecule has 2 heterocycles. The zero-order valence-electron chi connectivity index (χ0n) is 14.1. The molecule has 120 valence electrons. The molecule has 0 radical (unpaired) electrons. The van der Waals surface area contributed by atoms with Crippen molar-refractivity contribution in [1.82, 2.24) is 20.1 Å². The second kappa shape index (κ2) is 7.18. The van der Waals surface area contributed by atoms with Crippen LogP contribution in [0.2, 0.25) is 0 Å². The molecule has 1 aromatic rings. The summed E-state index contributed by atoms with van der Waals surface area (Å²) in [5.74, 6) is 0. The minimum atomic E-state index is 0.151. The Balaban J connectivity index is 1.83. The van der Waals surface area contributed by atoms with Crippen molar-refractivity contribution in [2.24, 2.45) is 0 Å². The predicted octanol–water partition coefficient (Wildman–Crippen LogP) is 2.56. The maximum absolute atomic E-state index is 4.77. The van der Waals surface area contributed by atoms with Crippen molar-refractivity contribution in [2.75, 3.05) is 26.2 Å². The van der Waals surface area contributed by atoms with Gasteiger partial charge in [-0.2, -0.15) is 0 Å². The Hall–Kier alpha value is -0.490. The highest BCUT2D eigenvalue weighted by molar-refractivity contribution is 7.09. The van der Waals surface area contributed by atoms with Gasteiger partial charge in [-0.25, -0.2) is 4.98 Å². The Bertz CT molecular complexity index is 438. The number of likely N-dealkylation sites (N-methyl/N-ethyl adjacent to an activating group) is 1. The number of piperazine rings is 1. The Morgan fingerprint density at radius 2 is 2.14 bits per heavy atom. The maximum atomic E-state index is 4.77. The third kappa shape index (κ3) is 5.33. The molecule has 0 aliphatic carbocycles. The van der Waals surface area contributed by atoms with Gasteiger partial charge in [0.25, 0.3) is 0 Å². The number of rotatable bonds is 5. The van der Waals surface area contributed by atoms with Gasteiger partial charge in [0.2, 0.25) is 0 Å². The molecule has 4 nitrogen and oxygen atoms in total. The average Bonchev–Trinajstić information content (AvgIpc) is 2.83. The molecule has 2 rings (SSSR count). The van der Waals surface area contributed by atoms with Gasteiger partial charge in [-0.05, 0) is 34.2 Å². The van der Waals surface area contributed by atoms with E-state index in [1.54, 1.807) is 11.3 Å². The standard InChI is InChI=1S/C16H30N4S/c1-6-20-8-7-19(10-13(20)2)11-14-12-21-15(18-14)9-17-16(3,4)5/h12-13,17H,6-11H2,1-5H3. The molecular formula is C16H30N4S. The van der Waals surface area contributed by atoms with Crippen molar-refractivity contribution in [3.05, 3.63) is 16.1 Å². The first kappa shape index (κ1) is 16.9. The lowest BCUT2D eigenvalue weighted by molar-refractivity contribution is 0.0827. The molecular weight excluding hydrogens is 280 g/mol. The molecule has 1 saturated heterocycles. The van der Waals surface area contributed by atoms with Gasteiger partial charge in [0.1, 0.15) is 5.01 Å². The largest absolute Gasteiger partial charge is 0.306 e. The van der Waals surface area contributed by atoms with Crippen molar-refractivity contribution < 1.29 is 0 Å². The number of nitrogens with zero attached hydrogens (tertiary/aromatic N) is 3. The lowest BCUT2D eigenvalue weighted by Gasteiger charge is -2.39. The zero-order valence-corrected chi connectivity index (χ0v) is 15.0. The highest BCUT2D eigenvalue weighted by atomic mass is 32.1. The van der Waals surface area contributed by atoms with Crippen LogP contribution in [0.5, 0.6) is 0 Å². The maximum Gasteiger partial charge on any atom is 0.107 e. The smallest absolute Gasteiger partial charge is 0.107 e. The first-order valence-electron chi connectivity index (χ1n) is 8.02. The summed E-state index contributed by atoms with van der Waals surface area (Å²) in [4.78, 5) is 9.86. The van der Waals surface area contributed by atoms with E-state index in [-0.39, 0.29) is 5.54 Å². The second-order valence-corrected chi connectivity index (χ2v) is 7.99. The quantitative estimate of drug-likeness (QED) is 0.906. The van der Waals surface area contributed by atoms with Crippen LogP contribution in [-0.2, 0) is 13.1 Å². The summed E-state index contributed by atoms with van der Waals surface area (Å²) in [5.41, 5.74) is 1.38. The predicted molar refractivity (Wildman–Crippen MR) is 90.7 cm³/mol. The van der Waals surface area contributed by atoms with Gasteiger partial charge in [-0.3, -0.25) is 9.80 Å². The van der Waals surface area contributed by atoms with Gasteiger partial charge < -0.3 is 5.32 Å². The lowest BCUT2D eigenvalue weighted by atomic mass is 10.1. The molecule has 0 spiro atoms. The topological polar surface area (TPSA) is 31.4 Å². The van der Waals surface area contributed by atoms with E-state index >= 15 is 0 Å². The van der Waals surface area contributed by atoms with E-state index in [1.165, 1.54) is 17.2 Å². The van der Waals surface area contributed by atoms with Crippen molar-refractivity contribution in [3.8, 4) is 0 Å². The van der Waals surface area contributed by atoms with E-state index in [2.05, 4.69) is 55.1 Å². The number of hydrogen-bond donors (Lipinski definition) is 1. The van der Waals surface area contributed by atoms with Crippen LogP contribution >= 0.6 is 11.3 Å². The van der Waals surface area contributed by atoms with Gasteiger partial charge >= 0.3 is 0 Å². The van der Waals surface area contributed by atoms with Crippen LogP contribution in [0.3, 0.4) is 0 Å². The van der Waals surface area contributed by atoms with E-state index in [0.717, 1.165) is 32.7 Å². The summed E-state index contributed by atoms with van der Waals surface area (Å²) in [6, 6.07) is 0.657. The minimum absolute atomic E-state index is 0.151. The third-order valence-electron chi connectivity index (χ3n) is 4.01. The number of aromatic nitrogens is 1. The highest BCUT2D eigenvalue weighted by Gasteiger charge is 2.22. The summed E-state index contributed by atoms with van der Waals surface area (Å²) < 4.78 is 0. The monoisotopic (exact) mass is 310 g/mol. The average molecular weight is 311 g/mol. The van der Waals surface area contributed by atoms with Crippen molar-refractivity contribution in [1.29, 1.82) is 0 Å². The van der Waals surface area contributed by atoms with Crippen LogP contribution < -0.4 is 5.32 Å². The van der Waals surface area contributed by atoms with E-state index < -0.39 is 0 Å². The molecule has 1 aliphatic heterocycles. The van der Waals surface area contributed by atoms with E-state index in [0.29, 0.717) is 6.04 Å². The van der Waals surface area contributed by atoms with Gasteiger partial charge in [-0.15, -0.1) is 11.3 Å². The van der Waals surface area contributed by atoms with Crippen LogP contribution in [0.4, 0.5) is 0 Å². The summed E-state index contributed by atoms with van der Waals surface area (Å²) in [7, 11) is 0. The SMILES string of the molecule is CCN1CCN(Cc2csc(CNC(C)(C)C)n2)CC1C. The number of hydrogen-bond acceptors (Lipinski definition) is 5. The van der Waals surface area contributed by atoms with Gasteiger partial charge in [-0.1, -0.05) is 6.92 Å². The fourth-order valence-corrected chi connectivity index (χ4v) is 3.48. The Morgan fingerprint density at radius 3 is 2.76 bits per heavy atom. The second-order valence-electron chi connectivity index (χ2n) is 7.05. The van der Waals surface area contributed by atoms with Crippen LogP contribution in [0.1, 0.15) is 45.3 Å². The first-order chi connectivity index (χ1) is 9.87. The molecule has 1 N–H and O–H groups in total. The van der Waals surface area contributed by atoms with Crippen LogP contribution in [0.15, 0.2) is 5.38 Å². The fourth-order valence-electron chi connectivity index (χ4n) is 2.76. The van der Waals surface area contributed by atoms with Crippen LogP contribution in [0, 0.1) is 0 Å². The minimum Gasteiger partial charge on any atom is -0.306 e. The molecule has 0 amide bonds. The van der Waals surface area contributed by atoms with Crippen LogP contribution in [0.25, 0.3) is 0 Å². The molecule has 1 unspecified atom stereocenters. The summed E-state index contributed by atoms with van der Waals surface area (Å²) >= 11 is 1.77. The molecule has 1 fully saturated rings. The zero-order chi connectivity index (χ0) is 15.5. The molecule has 5 heteroatoms. The van der Waals surface area contributed by atoms with Gasteiger partial charge in [0.05, 0.1) is 5.69 Å². The van der Waals surface area contributed by atoms with Crippen molar-refractivity contribution in [2.45, 2.75) is 59.3 Å². The molecule has 0 saturated carbocycles. The Kier molecular flexibility index (Phi) is 5.77. The number of nitrogens with one attached hydrogen (secondary N) is 1. The summed E-state index contributed by atoms with van der Waals surface area (Å²) in [6.45, 7) is 17.7. The molecule has 1 atom stereocenters. The van der Waals surface area contributed by atoms with Crippen molar-refractivity contribution in [3.63, 3.8) is 0 Å². The molecule has 1 aromatic heterocycles. The summed E-state index contributed by atoms with van der Waals surface area (Å²) in [6.07, 6.45) is 0.